The number of carbonyl (C=O) groups is 1. The molecule has 20 heavy (non-hydrogen) atoms. The molecule has 1 N–H and O–H groups in total. The van der Waals surface area contributed by atoms with Crippen LogP contribution in [0.2, 0.25) is 0 Å². The average molecular weight is 290 g/mol. The van der Waals surface area contributed by atoms with E-state index in [1.165, 1.54) is 17.1 Å². The molecule has 0 spiro atoms. The lowest BCUT2D eigenvalue weighted by Crippen LogP contribution is -2.32. The van der Waals surface area contributed by atoms with Gasteiger partial charge in [-0.2, -0.15) is 11.8 Å². The van der Waals surface area contributed by atoms with Crippen LogP contribution in [-0.2, 0) is 11.3 Å². The molecule has 1 aliphatic heterocycles. The zero-order chi connectivity index (χ0) is 13.9. The van der Waals surface area contributed by atoms with Crippen LogP contribution in [0.15, 0.2) is 24.3 Å². The summed E-state index contributed by atoms with van der Waals surface area (Å²) in [5.74, 6) is 3.41. The highest BCUT2D eigenvalue weighted by Gasteiger charge is 2.39. The number of thioether (sulfide) groups is 1. The van der Waals surface area contributed by atoms with Gasteiger partial charge < -0.3 is 5.32 Å². The molecule has 0 radical (unpaired) electrons. The quantitative estimate of drug-likeness (QED) is 0.925. The number of para-hydroxylation sites is 1. The average Bonchev–Trinajstić information content (AvgIpc) is 3.19. The van der Waals surface area contributed by atoms with Crippen molar-refractivity contribution < 1.29 is 4.79 Å². The Kier molecular flexibility index (Phi) is 4.32. The van der Waals surface area contributed by atoms with Crippen molar-refractivity contribution in [2.24, 2.45) is 11.8 Å². The molecule has 108 valence electrons. The standard InChI is InChI=1S/C16H22N2OS/c1-12-10-14(12)16(19)17-15-5-3-2-4-13(15)11-18-6-8-20-9-7-18/h2-5,12,14H,6-11H2,1H3,(H,17,19). The zero-order valence-electron chi connectivity index (χ0n) is 12.0. The van der Waals surface area contributed by atoms with Gasteiger partial charge in [0, 0.05) is 42.7 Å². The summed E-state index contributed by atoms with van der Waals surface area (Å²) in [6, 6.07) is 8.22. The Morgan fingerprint density at radius 2 is 2.05 bits per heavy atom. The topological polar surface area (TPSA) is 32.3 Å². The minimum atomic E-state index is 0.194. The number of nitrogens with one attached hydrogen (secondary N) is 1. The van der Waals surface area contributed by atoms with Gasteiger partial charge in [-0.1, -0.05) is 25.1 Å². The second kappa shape index (κ2) is 6.19. The van der Waals surface area contributed by atoms with Crippen LogP contribution in [0.4, 0.5) is 5.69 Å². The molecule has 1 saturated heterocycles. The summed E-state index contributed by atoms with van der Waals surface area (Å²) in [4.78, 5) is 14.6. The van der Waals surface area contributed by atoms with Crippen molar-refractivity contribution in [1.82, 2.24) is 4.90 Å². The molecule has 3 nitrogen and oxygen atoms in total. The fourth-order valence-corrected chi connectivity index (χ4v) is 3.67. The van der Waals surface area contributed by atoms with Crippen LogP contribution in [0.5, 0.6) is 0 Å². The second-order valence-corrected chi connectivity index (χ2v) is 7.08. The van der Waals surface area contributed by atoms with Crippen molar-refractivity contribution in [2.75, 3.05) is 29.9 Å². The summed E-state index contributed by atoms with van der Waals surface area (Å²) in [6.07, 6.45) is 1.04. The summed E-state index contributed by atoms with van der Waals surface area (Å²) in [6.45, 7) is 5.37. The molecule has 0 aromatic heterocycles. The molecule has 2 fully saturated rings. The van der Waals surface area contributed by atoms with Crippen molar-refractivity contribution in [3.05, 3.63) is 29.8 Å². The van der Waals surface area contributed by atoms with Crippen LogP contribution in [0.1, 0.15) is 18.9 Å². The Morgan fingerprint density at radius 1 is 1.35 bits per heavy atom. The molecule has 2 unspecified atom stereocenters. The number of amides is 1. The number of rotatable bonds is 4. The molecule has 1 heterocycles. The number of benzene rings is 1. The van der Waals surface area contributed by atoms with E-state index in [9.17, 15) is 4.79 Å². The van der Waals surface area contributed by atoms with Gasteiger partial charge in [-0.05, 0) is 24.0 Å². The first-order chi connectivity index (χ1) is 9.74. The summed E-state index contributed by atoms with van der Waals surface area (Å²) in [7, 11) is 0. The van der Waals surface area contributed by atoms with Crippen molar-refractivity contribution in [3.63, 3.8) is 0 Å². The fourth-order valence-electron chi connectivity index (χ4n) is 2.69. The van der Waals surface area contributed by atoms with Crippen molar-refractivity contribution >= 4 is 23.4 Å². The monoisotopic (exact) mass is 290 g/mol. The highest BCUT2D eigenvalue weighted by Crippen LogP contribution is 2.38. The molecule has 2 aliphatic rings. The maximum atomic E-state index is 12.1. The van der Waals surface area contributed by atoms with Crippen LogP contribution in [0.3, 0.4) is 0 Å². The lowest BCUT2D eigenvalue weighted by molar-refractivity contribution is -0.117. The first kappa shape index (κ1) is 14.0. The first-order valence-corrected chi connectivity index (χ1v) is 8.58. The van der Waals surface area contributed by atoms with Gasteiger partial charge in [0.25, 0.3) is 0 Å². The third kappa shape index (κ3) is 3.36. The minimum Gasteiger partial charge on any atom is -0.326 e. The third-order valence-corrected chi connectivity index (χ3v) is 5.16. The van der Waals surface area contributed by atoms with Crippen LogP contribution in [-0.4, -0.2) is 35.4 Å². The van der Waals surface area contributed by atoms with Gasteiger partial charge in [0.15, 0.2) is 0 Å². The highest BCUT2D eigenvalue weighted by atomic mass is 32.2. The number of hydrogen-bond acceptors (Lipinski definition) is 3. The van der Waals surface area contributed by atoms with Gasteiger partial charge >= 0.3 is 0 Å². The lowest BCUT2D eigenvalue weighted by atomic mass is 10.1. The fraction of sp³-hybridized carbons (Fsp3) is 0.562. The van der Waals surface area contributed by atoms with Gasteiger partial charge in [0.1, 0.15) is 0 Å². The van der Waals surface area contributed by atoms with E-state index >= 15 is 0 Å². The van der Waals surface area contributed by atoms with Gasteiger partial charge in [-0.25, -0.2) is 0 Å². The van der Waals surface area contributed by atoms with E-state index in [4.69, 9.17) is 0 Å². The Morgan fingerprint density at radius 3 is 2.75 bits per heavy atom. The summed E-state index contributed by atoms with van der Waals surface area (Å²) >= 11 is 2.03. The van der Waals surface area contributed by atoms with Gasteiger partial charge in [-0.15, -0.1) is 0 Å². The first-order valence-electron chi connectivity index (χ1n) is 7.43. The number of carbonyl (C=O) groups excluding carboxylic acids is 1. The van der Waals surface area contributed by atoms with E-state index in [-0.39, 0.29) is 11.8 Å². The summed E-state index contributed by atoms with van der Waals surface area (Å²) in [5.41, 5.74) is 2.23. The summed E-state index contributed by atoms with van der Waals surface area (Å²) in [5, 5.41) is 3.12. The van der Waals surface area contributed by atoms with Gasteiger partial charge in [0.2, 0.25) is 5.91 Å². The molecule has 3 rings (SSSR count). The second-order valence-electron chi connectivity index (χ2n) is 5.85. The van der Waals surface area contributed by atoms with Gasteiger partial charge in [0.05, 0.1) is 0 Å². The summed E-state index contributed by atoms with van der Waals surface area (Å²) < 4.78 is 0. The molecule has 2 atom stereocenters. The maximum absolute atomic E-state index is 12.1. The van der Waals surface area contributed by atoms with Crippen LogP contribution in [0.25, 0.3) is 0 Å². The minimum absolute atomic E-state index is 0.194. The molecule has 1 aromatic rings. The third-order valence-electron chi connectivity index (χ3n) is 4.22. The normalized spacial score (nSPS) is 26.2. The lowest BCUT2D eigenvalue weighted by Gasteiger charge is -2.27. The SMILES string of the molecule is CC1CC1C(=O)Nc1ccccc1CN1CCSCC1. The molecule has 1 saturated carbocycles. The van der Waals surface area contributed by atoms with Crippen LogP contribution in [0, 0.1) is 11.8 Å². The molecular weight excluding hydrogens is 268 g/mol. The number of anilines is 1. The molecule has 0 bridgehead atoms. The molecular formula is C16H22N2OS. The van der Waals surface area contributed by atoms with E-state index in [1.807, 2.05) is 23.9 Å². The maximum Gasteiger partial charge on any atom is 0.227 e. The predicted octanol–water partition coefficient (Wildman–Crippen LogP) is 2.83. The van der Waals surface area contributed by atoms with Crippen molar-refractivity contribution in [3.8, 4) is 0 Å². The van der Waals surface area contributed by atoms with Crippen LogP contribution >= 0.6 is 11.8 Å². The Bertz CT molecular complexity index is 485. The smallest absolute Gasteiger partial charge is 0.227 e. The molecule has 4 heteroatoms. The van der Waals surface area contributed by atoms with E-state index in [0.29, 0.717) is 5.92 Å². The molecule has 1 aliphatic carbocycles. The number of hydrogen-bond donors (Lipinski definition) is 1. The molecule has 1 amide bonds. The Labute approximate surface area is 125 Å². The number of nitrogens with zero attached hydrogens (tertiary/aromatic N) is 1. The molecule has 1 aromatic carbocycles. The van der Waals surface area contributed by atoms with Crippen molar-refractivity contribution in [2.45, 2.75) is 19.9 Å². The van der Waals surface area contributed by atoms with E-state index < -0.39 is 0 Å². The predicted molar refractivity (Wildman–Crippen MR) is 84.9 cm³/mol. The van der Waals surface area contributed by atoms with Gasteiger partial charge in [-0.3, -0.25) is 9.69 Å². The van der Waals surface area contributed by atoms with Crippen molar-refractivity contribution in [1.29, 1.82) is 0 Å². The Hall–Kier alpha value is -1.00. The zero-order valence-corrected chi connectivity index (χ0v) is 12.8. The largest absolute Gasteiger partial charge is 0.326 e. The highest BCUT2D eigenvalue weighted by molar-refractivity contribution is 7.99. The van der Waals surface area contributed by atoms with E-state index in [2.05, 4.69) is 29.3 Å². The van der Waals surface area contributed by atoms with Crippen LogP contribution < -0.4 is 5.32 Å². The Balaban J connectivity index is 1.65. The van der Waals surface area contributed by atoms with E-state index in [1.54, 1.807) is 0 Å². The van der Waals surface area contributed by atoms with E-state index in [0.717, 1.165) is 31.7 Å².